The van der Waals surface area contributed by atoms with Crippen LogP contribution in [0.3, 0.4) is 0 Å². The summed E-state index contributed by atoms with van der Waals surface area (Å²) in [5.74, 6) is 0.0640. The average molecular weight is 347 g/mol. The molecule has 0 bridgehead atoms. The number of hydrogen-bond donors (Lipinski definition) is 1. The standard InChI is InChI=1S/C21H21N3O2/c25-20(14-19-17-9-3-4-10-18(17)21(26)23-22-19)24-12-5-8-15-6-1-2-7-16(15)11-13-24/h1-4,6-7,9-10H,5,8,11-14H2,(H,23,26). The highest BCUT2D eigenvalue weighted by Gasteiger charge is 2.19. The molecule has 1 aliphatic rings. The van der Waals surface area contributed by atoms with Crippen molar-refractivity contribution in [1.29, 1.82) is 0 Å². The van der Waals surface area contributed by atoms with E-state index in [0.29, 0.717) is 11.1 Å². The van der Waals surface area contributed by atoms with Crippen LogP contribution in [0.25, 0.3) is 10.8 Å². The number of aromatic nitrogens is 2. The first-order valence-corrected chi connectivity index (χ1v) is 9.03. The van der Waals surface area contributed by atoms with E-state index in [9.17, 15) is 9.59 Å². The topological polar surface area (TPSA) is 66.1 Å². The molecule has 1 amide bonds. The number of aromatic amines is 1. The molecule has 3 aromatic rings. The molecule has 0 atom stereocenters. The van der Waals surface area contributed by atoms with Gasteiger partial charge in [-0.1, -0.05) is 42.5 Å². The van der Waals surface area contributed by atoms with Crippen molar-refractivity contribution in [2.75, 3.05) is 13.1 Å². The second-order valence-corrected chi connectivity index (χ2v) is 6.72. The maximum absolute atomic E-state index is 12.9. The van der Waals surface area contributed by atoms with Crippen LogP contribution in [0.5, 0.6) is 0 Å². The number of carbonyl (C=O) groups excluding carboxylic acids is 1. The molecule has 0 spiro atoms. The zero-order valence-electron chi connectivity index (χ0n) is 14.6. The molecule has 0 unspecified atom stereocenters. The molecule has 5 heteroatoms. The molecule has 26 heavy (non-hydrogen) atoms. The van der Waals surface area contributed by atoms with Crippen molar-refractivity contribution in [2.24, 2.45) is 0 Å². The number of rotatable bonds is 2. The Morgan fingerprint density at radius 1 is 0.962 bits per heavy atom. The lowest BCUT2D eigenvalue weighted by atomic mass is 9.98. The van der Waals surface area contributed by atoms with Gasteiger partial charge in [0.1, 0.15) is 0 Å². The zero-order chi connectivity index (χ0) is 17.9. The second kappa shape index (κ2) is 7.12. The number of hydrogen-bond acceptors (Lipinski definition) is 3. The molecule has 0 saturated carbocycles. The average Bonchev–Trinajstić information content (AvgIpc) is 2.65. The van der Waals surface area contributed by atoms with E-state index in [-0.39, 0.29) is 17.9 Å². The van der Waals surface area contributed by atoms with Crippen LogP contribution in [0, 0.1) is 0 Å². The molecule has 1 aromatic heterocycles. The van der Waals surface area contributed by atoms with Crippen molar-refractivity contribution in [1.82, 2.24) is 15.1 Å². The monoisotopic (exact) mass is 347 g/mol. The van der Waals surface area contributed by atoms with Crippen molar-refractivity contribution in [2.45, 2.75) is 25.7 Å². The van der Waals surface area contributed by atoms with E-state index in [1.807, 2.05) is 23.1 Å². The molecule has 0 radical (unpaired) electrons. The molecule has 0 fully saturated rings. The quantitative estimate of drug-likeness (QED) is 0.774. The summed E-state index contributed by atoms with van der Waals surface area (Å²) in [6.45, 7) is 1.48. The Morgan fingerprint density at radius 3 is 2.46 bits per heavy atom. The van der Waals surface area contributed by atoms with Crippen LogP contribution in [0.1, 0.15) is 23.2 Å². The van der Waals surface area contributed by atoms with Crippen LogP contribution in [-0.2, 0) is 24.1 Å². The minimum absolute atomic E-state index is 0.0640. The lowest BCUT2D eigenvalue weighted by Crippen LogP contribution is -2.36. The van der Waals surface area contributed by atoms with E-state index in [4.69, 9.17) is 0 Å². The van der Waals surface area contributed by atoms with Gasteiger partial charge in [0.25, 0.3) is 5.56 Å². The highest BCUT2D eigenvalue weighted by Crippen LogP contribution is 2.18. The summed E-state index contributed by atoms with van der Waals surface area (Å²) >= 11 is 0. The van der Waals surface area contributed by atoms with E-state index in [1.165, 1.54) is 11.1 Å². The lowest BCUT2D eigenvalue weighted by molar-refractivity contribution is -0.130. The van der Waals surface area contributed by atoms with Gasteiger partial charge in [0.2, 0.25) is 5.91 Å². The van der Waals surface area contributed by atoms with Gasteiger partial charge in [0.05, 0.1) is 17.5 Å². The normalized spacial score (nSPS) is 14.5. The van der Waals surface area contributed by atoms with Crippen molar-refractivity contribution in [3.05, 3.63) is 75.7 Å². The zero-order valence-corrected chi connectivity index (χ0v) is 14.6. The smallest absolute Gasteiger partial charge is 0.272 e. The molecule has 2 aromatic carbocycles. The van der Waals surface area contributed by atoms with Gasteiger partial charge in [-0.15, -0.1) is 0 Å². The Labute approximate surface area is 151 Å². The third kappa shape index (κ3) is 3.25. The lowest BCUT2D eigenvalue weighted by Gasteiger charge is -2.26. The first-order chi connectivity index (χ1) is 12.7. The summed E-state index contributed by atoms with van der Waals surface area (Å²) in [4.78, 5) is 26.7. The van der Waals surface area contributed by atoms with E-state index in [2.05, 4.69) is 34.5 Å². The number of fused-ring (bicyclic) bond motifs is 2. The van der Waals surface area contributed by atoms with Gasteiger partial charge in [-0.25, -0.2) is 5.10 Å². The molecule has 2 heterocycles. The van der Waals surface area contributed by atoms with Crippen molar-refractivity contribution in [3.63, 3.8) is 0 Å². The van der Waals surface area contributed by atoms with E-state index >= 15 is 0 Å². The first kappa shape index (κ1) is 16.5. The molecule has 1 aliphatic heterocycles. The molecule has 4 rings (SSSR count). The Kier molecular flexibility index (Phi) is 4.52. The van der Waals surface area contributed by atoms with E-state index in [1.54, 1.807) is 6.07 Å². The van der Waals surface area contributed by atoms with Crippen LogP contribution in [0.4, 0.5) is 0 Å². The molecule has 132 valence electrons. The number of benzene rings is 2. The minimum atomic E-state index is -0.223. The number of H-pyrrole nitrogens is 1. The molecular weight excluding hydrogens is 326 g/mol. The van der Waals surface area contributed by atoms with Crippen LogP contribution >= 0.6 is 0 Å². The fourth-order valence-electron chi connectivity index (χ4n) is 3.68. The number of nitrogens with zero attached hydrogens (tertiary/aromatic N) is 2. The van der Waals surface area contributed by atoms with Crippen LogP contribution in [0.2, 0.25) is 0 Å². The van der Waals surface area contributed by atoms with Gasteiger partial charge in [0.15, 0.2) is 0 Å². The summed E-state index contributed by atoms with van der Waals surface area (Å²) in [6.07, 6.45) is 3.04. The summed E-state index contributed by atoms with van der Waals surface area (Å²) in [5.41, 5.74) is 3.14. The first-order valence-electron chi connectivity index (χ1n) is 9.03. The van der Waals surface area contributed by atoms with Crippen LogP contribution in [-0.4, -0.2) is 34.1 Å². The molecule has 1 N–H and O–H groups in total. The number of nitrogens with one attached hydrogen (secondary N) is 1. The number of carbonyl (C=O) groups is 1. The van der Waals surface area contributed by atoms with Crippen molar-refractivity contribution in [3.8, 4) is 0 Å². The van der Waals surface area contributed by atoms with Crippen LogP contribution in [0.15, 0.2) is 53.3 Å². The van der Waals surface area contributed by atoms with Gasteiger partial charge in [-0.3, -0.25) is 9.59 Å². The Morgan fingerprint density at radius 2 is 1.65 bits per heavy atom. The third-order valence-electron chi connectivity index (χ3n) is 5.09. The number of amides is 1. The highest BCUT2D eigenvalue weighted by molar-refractivity contribution is 5.88. The third-order valence-corrected chi connectivity index (χ3v) is 5.09. The van der Waals surface area contributed by atoms with Crippen molar-refractivity contribution < 1.29 is 4.79 Å². The summed E-state index contributed by atoms with van der Waals surface area (Å²) in [7, 11) is 0. The fraction of sp³-hybridized carbons (Fsp3) is 0.286. The predicted molar refractivity (Wildman–Crippen MR) is 101 cm³/mol. The van der Waals surface area contributed by atoms with Gasteiger partial charge in [-0.05, 0) is 36.5 Å². The van der Waals surface area contributed by atoms with Crippen molar-refractivity contribution >= 4 is 16.7 Å². The number of aryl methyl sites for hydroxylation is 1. The van der Waals surface area contributed by atoms with Crippen LogP contribution < -0.4 is 5.56 Å². The Hall–Kier alpha value is -2.95. The van der Waals surface area contributed by atoms with Gasteiger partial charge in [-0.2, -0.15) is 5.10 Å². The van der Waals surface area contributed by atoms with Gasteiger partial charge < -0.3 is 4.90 Å². The molecule has 0 saturated heterocycles. The largest absolute Gasteiger partial charge is 0.342 e. The molecule has 5 nitrogen and oxygen atoms in total. The van der Waals surface area contributed by atoms with E-state index in [0.717, 1.165) is 37.7 Å². The SMILES string of the molecule is O=C(Cc1n[nH]c(=O)c2ccccc12)N1CCCc2ccccc2CC1. The summed E-state index contributed by atoms with van der Waals surface area (Å²) < 4.78 is 0. The predicted octanol–water partition coefficient (Wildman–Crippen LogP) is 2.48. The Bertz CT molecular complexity index is 1010. The van der Waals surface area contributed by atoms with Gasteiger partial charge >= 0.3 is 0 Å². The summed E-state index contributed by atoms with van der Waals surface area (Å²) in [6, 6.07) is 15.8. The molecular formula is C21H21N3O2. The fourth-order valence-corrected chi connectivity index (χ4v) is 3.68. The Balaban J connectivity index is 1.54. The highest BCUT2D eigenvalue weighted by atomic mass is 16.2. The maximum atomic E-state index is 12.9. The molecule has 0 aliphatic carbocycles. The minimum Gasteiger partial charge on any atom is -0.342 e. The second-order valence-electron chi connectivity index (χ2n) is 6.72. The maximum Gasteiger partial charge on any atom is 0.272 e. The van der Waals surface area contributed by atoms with Gasteiger partial charge in [0, 0.05) is 18.5 Å². The van der Waals surface area contributed by atoms with E-state index < -0.39 is 0 Å². The summed E-state index contributed by atoms with van der Waals surface area (Å²) in [5, 5.41) is 7.97.